The van der Waals surface area contributed by atoms with Crippen molar-refractivity contribution in [2.75, 3.05) is 6.54 Å². The van der Waals surface area contributed by atoms with Gasteiger partial charge in [0.05, 0.1) is 16.4 Å². The number of halogens is 2. The maximum Gasteiger partial charge on any atom is 0.152 e. The molecule has 1 aliphatic rings. The average Bonchev–Trinajstić information content (AvgIpc) is 2.72. The minimum absolute atomic E-state index is 0.278. The number of piperidine rings is 1. The Morgan fingerprint density at radius 2 is 2.37 bits per heavy atom. The predicted molar refractivity (Wildman–Crippen MR) is 78.9 cm³/mol. The van der Waals surface area contributed by atoms with Crippen molar-refractivity contribution in [3.8, 4) is 0 Å². The van der Waals surface area contributed by atoms with Crippen molar-refractivity contribution in [3.63, 3.8) is 0 Å². The maximum absolute atomic E-state index is 15.2. The second kappa shape index (κ2) is 6.35. The molecule has 108 valence electrons. The molecule has 0 bridgehead atoms. The summed E-state index contributed by atoms with van der Waals surface area (Å²) in [5.41, 5.74) is -0.666. The fourth-order valence-electron chi connectivity index (χ4n) is 2.92. The van der Waals surface area contributed by atoms with E-state index in [1.54, 1.807) is 17.8 Å². The Morgan fingerprint density at radius 3 is 3.00 bits per heavy atom. The van der Waals surface area contributed by atoms with Crippen molar-refractivity contribution in [2.24, 2.45) is 0 Å². The molecule has 0 aliphatic carbocycles. The van der Waals surface area contributed by atoms with Crippen molar-refractivity contribution in [2.45, 2.75) is 64.2 Å². The van der Waals surface area contributed by atoms with Crippen LogP contribution in [-0.2, 0) is 12.2 Å². The van der Waals surface area contributed by atoms with Crippen LogP contribution in [0.5, 0.6) is 0 Å². The van der Waals surface area contributed by atoms with Gasteiger partial charge in [-0.3, -0.25) is 4.68 Å². The topological polar surface area (TPSA) is 29.9 Å². The van der Waals surface area contributed by atoms with Gasteiger partial charge in [0.25, 0.3) is 0 Å². The van der Waals surface area contributed by atoms with Gasteiger partial charge in [-0.1, -0.05) is 13.3 Å². The number of nitrogens with zero attached hydrogens (tertiary/aromatic N) is 2. The van der Waals surface area contributed by atoms with Crippen LogP contribution in [0.1, 0.15) is 51.6 Å². The highest BCUT2D eigenvalue weighted by molar-refractivity contribution is 9.10. The summed E-state index contributed by atoms with van der Waals surface area (Å²) in [5, 5.41) is 7.70. The predicted octanol–water partition coefficient (Wildman–Crippen LogP) is 3.77. The molecule has 1 N–H and O–H groups in total. The van der Waals surface area contributed by atoms with E-state index in [0.29, 0.717) is 12.1 Å². The van der Waals surface area contributed by atoms with Crippen LogP contribution < -0.4 is 5.32 Å². The highest BCUT2D eigenvalue weighted by Gasteiger charge is 2.35. The molecule has 1 aliphatic heterocycles. The van der Waals surface area contributed by atoms with E-state index in [0.717, 1.165) is 30.4 Å². The van der Waals surface area contributed by atoms with E-state index >= 15 is 4.39 Å². The monoisotopic (exact) mass is 331 g/mol. The summed E-state index contributed by atoms with van der Waals surface area (Å²) in [4.78, 5) is 0. The SMILES string of the molecule is CCCn1ncc(Br)c1C(C)(F)CC1CCCCN1. The van der Waals surface area contributed by atoms with Crippen LogP contribution in [0, 0.1) is 0 Å². The van der Waals surface area contributed by atoms with Crippen LogP contribution in [0.3, 0.4) is 0 Å². The quantitative estimate of drug-likeness (QED) is 0.889. The molecule has 0 amide bonds. The van der Waals surface area contributed by atoms with E-state index in [9.17, 15) is 0 Å². The first-order chi connectivity index (χ1) is 9.04. The third-order valence-corrected chi connectivity index (χ3v) is 4.35. The normalized spacial score (nSPS) is 23.3. The standard InChI is InChI=1S/C14H23BrFN3/c1-3-8-19-13(12(15)10-18-19)14(2,16)9-11-6-4-5-7-17-11/h10-11,17H,3-9H2,1-2H3. The number of alkyl halides is 1. The van der Waals surface area contributed by atoms with Gasteiger partial charge in [0.1, 0.15) is 0 Å². The summed E-state index contributed by atoms with van der Waals surface area (Å²) in [6.07, 6.45) is 6.65. The summed E-state index contributed by atoms with van der Waals surface area (Å²) in [6, 6.07) is 0.278. The zero-order valence-electron chi connectivity index (χ0n) is 11.8. The van der Waals surface area contributed by atoms with E-state index in [1.807, 2.05) is 0 Å². The van der Waals surface area contributed by atoms with E-state index in [-0.39, 0.29) is 6.04 Å². The van der Waals surface area contributed by atoms with Gasteiger partial charge >= 0.3 is 0 Å². The third-order valence-electron chi connectivity index (χ3n) is 3.77. The Kier molecular flexibility index (Phi) is 5.01. The van der Waals surface area contributed by atoms with Crippen molar-refractivity contribution in [1.82, 2.24) is 15.1 Å². The van der Waals surface area contributed by atoms with Gasteiger partial charge in [-0.15, -0.1) is 0 Å². The van der Waals surface area contributed by atoms with Crippen LogP contribution in [0.25, 0.3) is 0 Å². The lowest BCUT2D eigenvalue weighted by Gasteiger charge is -2.30. The number of nitrogens with one attached hydrogen (secondary N) is 1. The number of aryl methyl sites for hydroxylation is 1. The van der Waals surface area contributed by atoms with Gasteiger partial charge in [-0.05, 0) is 48.7 Å². The summed E-state index contributed by atoms with van der Waals surface area (Å²) >= 11 is 3.44. The average molecular weight is 332 g/mol. The van der Waals surface area contributed by atoms with Gasteiger partial charge in [-0.25, -0.2) is 4.39 Å². The molecule has 0 aromatic carbocycles. The molecule has 0 saturated carbocycles. The molecule has 19 heavy (non-hydrogen) atoms. The first-order valence-electron chi connectivity index (χ1n) is 7.18. The van der Waals surface area contributed by atoms with Gasteiger partial charge in [0, 0.05) is 19.0 Å². The molecule has 1 fully saturated rings. The zero-order valence-corrected chi connectivity index (χ0v) is 13.3. The van der Waals surface area contributed by atoms with Crippen LogP contribution in [0.15, 0.2) is 10.7 Å². The second-order valence-electron chi connectivity index (χ2n) is 5.61. The lowest BCUT2D eigenvalue weighted by molar-refractivity contribution is 0.133. The molecule has 3 nitrogen and oxygen atoms in total. The van der Waals surface area contributed by atoms with Gasteiger partial charge in [0.15, 0.2) is 5.67 Å². The highest BCUT2D eigenvalue weighted by atomic mass is 79.9. The summed E-state index contributed by atoms with van der Waals surface area (Å²) in [6.45, 7) is 5.53. The molecule has 5 heteroatoms. The Hall–Kier alpha value is -0.420. The second-order valence-corrected chi connectivity index (χ2v) is 6.47. The summed E-state index contributed by atoms with van der Waals surface area (Å²) in [7, 11) is 0. The lowest BCUT2D eigenvalue weighted by Crippen LogP contribution is -2.39. The summed E-state index contributed by atoms with van der Waals surface area (Å²) in [5.74, 6) is 0. The number of hydrogen-bond acceptors (Lipinski definition) is 2. The Morgan fingerprint density at radius 1 is 1.58 bits per heavy atom. The van der Waals surface area contributed by atoms with Crippen LogP contribution in [-0.4, -0.2) is 22.4 Å². The van der Waals surface area contributed by atoms with Crippen molar-refractivity contribution in [3.05, 3.63) is 16.4 Å². The zero-order chi connectivity index (χ0) is 13.9. The maximum atomic E-state index is 15.2. The van der Waals surface area contributed by atoms with Gasteiger partial charge < -0.3 is 5.32 Å². The molecule has 1 aromatic heterocycles. The molecule has 2 unspecified atom stereocenters. The smallest absolute Gasteiger partial charge is 0.152 e. The fourth-order valence-corrected chi connectivity index (χ4v) is 3.63. The van der Waals surface area contributed by atoms with Crippen LogP contribution >= 0.6 is 15.9 Å². The van der Waals surface area contributed by atoms with E-state index < -0.39 is 5.67 Å². The molecular weight excluding hydrogens is 309 g/mol. The Labute approximate surface area is 123 Å². The number of rotatable bonds is 5. The molecular formula is C14H23BrFN3. The van der Waals surface area contributed by atoms with Crippen molar-refractivity contribution < 1.29 is 4.39 Å². The highest BCUT2D eigenvalue weighted by Crippen LogP contribution is 2.36. The summed E-state index contributed by atoms with van der Waals surface area (Å²) < 4.78 is 17.7. The number of aromatic nitrogens is 2. The largest absolute Gasteiger partial charge is 0.314 e. The first kappa shape index (κ1) is 15.0. The van der Waals surface area contributed by atoms with Crippen LogP contribution in [0.2, 0.25) is 0 Å². The van der Waals surface area contributed by atoms with E-state index in [1.165, 1.54) is 12.8 Å². The number of hydrogen-bond donors (Lipinski definition) is 1. The molecule has 2 rings (SSSR count). The van der Waals surface area contributed by atoms with Crippen LogP contribution in [0.4, 0.5) is 4.39 Å². The molecule has 0 radical (unpaired) electrons. The van der Waals surface area contributed by atoms with Gasteiger partial charge in [-0.2, -0.15) is 5.10 Å². The molecule has 1 saturated heterocycles. The lowest BCUT2D eigenvalue weighted by atomic mass is 9.90. The van der Waals surface area contributed by atoms with E-state index in [4.69, 9.17) is 0 Å². The minimum Gasteiger partial charge on any atom is -0.314 e. The van der Waals surface area contributed by atoms with E-state index in [2.05, 4.69) is 33.3 Å². The van der Waals surface area contributed by atoms with Gasteiger partial charge in [0.2, 0.25) is 0 Å². The minimum atomic E-state index is -1.35. The van der Waals surface area contributed by atoms with Crippen molar-refractivity contribution in [1.29, 1.82) is 0 Å². The molecule has 2 heterocycles. The molecule has 2 atom stereocenters. The van der Waals surface area contributed by atoms with Crippen molar-refractivity contribution >= 4 is 15.9 Å². The molecule has 0 spiro atoms. The first-order valence-corrected chi connectivity index (χ1v) is 7.98. The fraction of sp³-hybridized carbons (Fsp3) is 0.786. The third kappa shape index (κ3) is 3.57. The Balaban J connectivity index is 2.15. The Bertz CT molecular complexity index is 411. The molecule has 1 aromatic rings.